The second-order valence-corrected chi connectivity index (χ2v) is 5.64. The van der Waals surface area contributed by atoms with Gasteiger partial charge < -0.3 is 10.1 Å². The molecule has 0 saturated carbocycles. The highest BCUT2D eigenvalue weighted by atomic mass is 35.5. The Labute approximate surface area is 140 Å². The Morgan fingerprint density at radius 3 is 2.64 bits per heavy atom. The van der Waals surface area contributed by atoms with Crippen molar-refractivity contribution in [2.24, 2.45) is 0 Å². The van der Waals surface area contributed by atoms with E-state index in [0.29, 0.717) is 15.8 Å². The molecular formula is C17H17Cl2NO2. The van der Waals surface area contributed by atoms with E-state index in [1.54, 1.807) is 18.2 Å². The van der Waals surface area contributed by atoms with Gasteiger partial charge in [0.15, 0.2) is 6.61 Å². The average Bonchev–Trinajstić information content (AvgIpc) is 2.50. The van der Waals surface area contributed by atoms with E-state index in [-0.39, 0.29) is 12.5 Å². The van der Waals surface area contributed by atoms with Crippen LogP contribution in [0.2, 0.25) is 10.0 Å². The van der Waals surface area contributed by atoms with Gasteiger partial charge in [-0.2, -0.15) is 0 Å². The van der Waals surface area contributed by atoms with Crippen LogP contribution in [0.25, 0.3) is 0 Å². The van der Waals surface area contributed by atoms with Gasteiger partial charge in [0.25, 0.3) is 5.91 Å². The third kappa shape index (κ3) is 3.93. The minimum Gasteiger partial charge on any atom is -0.482 e. The summed E-state index contributed by atoms with van der Waals surface area (Å²) >= 11 is 11.9. The molecule has 0 bridgehead atoms. The molecule has 2 aromatic rings. The van der Waals surface area contributed by atoms with Crippen molar-refractivity contribution in [2.45, 2.75) is 20.3 Å². The number of benzene rings is 2. The molecule has 0 aliphatic rings. The summed E-state index contributed by atoms with van der Waals surface area (Å²) in [6.45, 7) is 3.88. The molecule has 0 fully saturated rings. The molecule has 2 rings (SSSR count). The third-order valence-electron chi connectivity index (χ3n) is 3.28. The minimum atomic E-state index is -0.236. The van der Waals surface area contributed by atoms with Crippen LogP contribution < -0.4 is 10.1 Å². The fourth-order valence-electron chi connectivity index (χ4n) is 2.12. The minimum absolute atomic E-state index is 0.127. The SMILES string of the molecule is CCc1cccc(C)c1NC(=O)COc1cccc(Cl)c1Cl. The molecular weight excluding hydrogens is 321 g/mol. The molecule has 0 aliphatic heterocycles. The highest BCUT2D eigenvalue weighted by Gasteiger charge is 2.11. The Hall–Kier alpha value is -1.71. The van der Waals surface area contributed by atoms with Gasteiger partial charge in [0.2, 0.25) is 0 Å². The average molecular weight is 338 g/mol. The Morgan fingerprint density at radius 1 is 1.18 bits per heavy atom. The molecule has 0 spiro atoms. The molecule has 5 heteroatoms. The van der Waals surface area contributed by atoms with E-state index < -0.39 is 0 Å². The van der Waals surface area contributed by atoms with Crippen molar-refractivity contribution in [3.05, 3.63) is 57.6 Å². The Balaban J connectivity index is 2.04. The molecule has 2 aromatic carbocycles. The number of carbonyl (C=O) groups excluding carboxylic acids is 1. The van der Waals surface area contributed by atoms with E-state index in [1.165, 1.54) is 0 Å². The first-order chi connectivity index (χ1) is 10.5. The highest BCUT2D eigenvalue weighted by molar-refractivity contribution is 6.42. The normalized spacial score (nSPS) is 10.4. The van der Waals surface area contributed by atoms with Crippen molar-refractivity contribution in [1.82, 2.24) is 0 Å². The van der Waals surface area contributed by atoms with Gasteiger partial charge in [0.05, 0.1) is 5.02 Å². The number of hydrogen-bond acceptors (Lipinski definition) is 2. The molecule has 0 aliphatic carbocycles. The summed E-state index contributed by atoms with van der Waals surface area (Å²) in [5.74, 6) is 0.157. The zero-order valence-electron chi connectivity index (χ0n) is 12.5. The molecule has 0 heterocycles. The summed E-state index contributed by atoms with van der Waals surface area (Å²) < 4.78 is 5.44. The van der Waals surface area contributed by atoms with E-state index in [9.17, 15) is 4.79 Å². The molecule has 1 N–H and O–H groups in total. The van der Waals surface area contributed by atoms with Crippen molar-refractivity contribution >= 4 is 34.8 Å². The first-order valence-electron chi connectivity index (χ1n) is 6.98. The van der Waals surface area contributed by atoms with Crippen molar-refractivity contribution < 1.29 is 9.53 Å². The first-order valence-corrected chi connectivity index (χ1v) is 7.73. The number of halogens is 2. The number of nitrogens with one attached hydrogen (secondary N) is 1. The standard InChI is InChI=1S/C17H17Cl2NO2/c1-3-12-7-4-6-11(2)17(12)20-15(21)10-22-14-9-5-8-13(18)16(14)19/h4-9H,3,10H2,1-2H3,(H,20,21). The largest absolute Gasteiger partial charge is 0.482 e. The Morgan fingerprint density at radius 2 is 1.91 bits per heavy atom. The number of para-hydroxylation sites is 1. The van der Waals surface area contributed by atoms with Gasteiger partial charge >= 0.3 is 0 Å². The molecule has 22 heavy (non-hydrogen) atoms. The fraction of sp³-hybridized carbons (Fsp3) is 0.235. The summed E-state index contributed by atoms with van der Waals surface area (Å²) in [5.41, 5.74) is 2.96. The number of carbonyl (C=O) groups is 1. The van der Waals surface area contributed by atoms with Crippen LogP contribution in [0.1, 0.15) is 18.1 Å². The number of hydrogen-bond donors (Lipinski definition) is 1. The van der Waals surface area contributed by atoms with E-state index in [1.807, 2.05) is 32.0 Å². The van der Waals surface area contributed by atoms with Gasteiger partial charge in [-0.15, -0.1) is 0 Å². The van der Waals surface area contributed by atoms with Gasteiger partial charge in [0, 0.05) is 5.69 Å². The topological polar surface area (TPSA) is 38.3 Å². The summed E-state index contributed by atoms with van der Waals surface area (Å²) in [4.78, 5) is 12.1. The Kier molecular flexibility index (Phi) is 5.69. The zero-order chi connectivity index (χ0) is 16.1. The smallest absolute Gasteiger partial charge is 0.262 e. The predicted molar refractivity (Wildman–Crippen MR) is 91.1 cm³/mol. The van der Waals surface area contributed by atoms with Gasteiger partial charge in [-0.1, -0.05) is 54.4 Å². The second kappa shape index (κ2) is 7.52. The predicted octanol–water partition coefficient (Wildman–Crippen LogP) is 4.88. The van der Waals surface area contributed by atoms with Gasteiger partial charge in [-0.05, 0) is 36.6 Å². The highest BCUT2D eigenvalue weighted by Crippen LogP contribution is 2.31. The van der Waals surface area contributed by atoms with Crippen molar-refractivity contribution in [2.75, 3.05) is 11.9 Å². The van der Waals surface area contributed by atoms with Crippen LogP contribution in [0.4, 0.5) is 5.69 Å². The van der Waals surface area contributed by atoms with Crippen molar-refractivity contribution in [1.29, 1.82) is 0 Å². The van der Waals surface area contributed by atoms with Crippen LogP contribution in [0, 0.1) is 6.92 Å². The lowest BCUT2D eigenvalue weighted by molar-refractivity contribution is -0.118. The maximum atomic E-state index is 12.1. The van der Waals surface area contributed by atoms with Crippen LogP contribution in [-0.2, 0) is 11.2 Å². The second-order valence-electron chi connectivity index (χ2n) is 4.85. The van der Waals surface area contributed by atoms with E-state index in [4.69, 9.17) is 27.9 Å². The van der Waals surface area contributed by atoms with Gasteiger partial charge in [0.1, 0.15) is 10.8 Å². The number of ether oxygens (including phenoxy) is 1. The van der Waals surface area contributed by atoms with Crippen LogP contribution in [-0.4, -0.2) is 12.5 Å². The summed E-state index contributed by atoms with van der Waals surface area (Å²) in [6.07, 6.45) is 0.846. The van der Waals surface area contributed by atoms with E-state index in [2.05, 4.69) is 5.32 Å². The number of rotatable bonds is 5. The van der Waals surface area contributed by atoms with Crippen LogP contribution in [0.5, 0.6) is 5.75 Å². The van der Waals surface area contributed by atoms with Crippen molar-refractivity contribution in [3.8, 4) is 5.75 Å². The molecule has 3 nitrogen and oxygen atoms in total. The quantitative estimate of drug-likeness (QED) is 0.844. The fourth-order valence-corrected chi connectivity index (χ4v) is 2.46. The van der Waals surface area contributed by atoms with Gasteiger partial charge in [-0.3, -0.25) is 4.79 Å². The maximum absolute atomic E-state index is 12.1. The molecule has 0 radical (unpaired) electrons. The van der Waals surface area contributed by atoms with Crippen LogP contribution in [0.15, 0.2) is 36.4 Å². The molecule has 1 amide bonds. The maximum Gasteiger partial charge on any atom is 0.262 e. The lowest BCUT2D eigenvalue weighted by atomic mass is 10.1. The van der Waals surface area contributed by atoms with Gasteiger partial charge in [-0.25, -0.2) is 0 Å². The van der Waals surface area contributed by atoms with Crippen LogP contribution >= 0.6 is 23.2 Å². The molecule has 116 valence electrons. The monoisotopic (exact) mass is 337 g/mol. The summed E-state index contributed by atoms with van der Waals surface area (Å²) in [7, 11) is 0. The lowest BCUT2D eigenvalue weighted by Crippen LogP contribution is -2.21. The zero-order valence-corrected chi connectivity index (χ0v) is 14.0. The van der Waals surface area contributed by atoms with E-state index in [0.717, 1.165) is 23.2 Å². The summed E-state index contributed by atoms with van der Waals surface area (Å²) in [5, 5.41) is 3.60. The van der Waals surface area contributed by atoms with E-state index >= 15 is 0 Å². The lowest BCUT2D eigenvalue weighted by Gasteiger charge is -2.14. The Bertz CT molecular complexity index is 686. The molecule has 0 saturated heterocycles. The number of aryl methyl sites for hydroxylation is 2. The van der Waals surface area contributed by atoms with Crippen LogP contribution in [0.3, 0.4) is 0 Å². The first kappa shape index (κ1) is 16.7. The number of anilines is 1. The third-order valence-corrected chi connectivity index (χ3v) is 4.08. The van der Waals surface area contributed by atoms with Crippen molar-refractivity contribution in [3.63, 3.8) is 0 Å². The molecule has 0 aromatic heterocycles. The summed E-state index contributed by atoms with van der Waals surface area (Å²) in [6, 6.07) is 11.0. The molecule has 0 unspecified atom stereocenters. The molecule has 0 atom stereocenters. The number of amides is 1.